The molecule has 3 rings (SSSR count). The van der Waals surface area contributed by atoms with Crippen LogP contribution in [-0.4, -0.2) is 34.2 Å². The van der Waals surface area contributed by atoms with E-state index in [-0.39, 0.29) is 17.5 Å². The Labute approximate surface area is 169 Å². The van der Waals surface area contributed by atoms with Crippen molar-refractivity contribution in [2.24, 2.45) is 11.8 Å². The van der Waals surface area contributed by atoms with Gasteiger partial charge >= 0.3 is 5.97 Å². The van der Waals surface area contributed by atoms with Crippen molar-refractivity contribution in [2.75, 3.05) is 4.90 Å². The predicted octanol–water partition coefficient (Wildman–Crippen LogP) is 4.65. The van der Waals surface area contributed by atoms with E-state index >= 15 is 0 Å². The van der Waals surface area contributed by atoms with Crippen molar-refractivity contribution >= 4 is 28.2 Å². The molecule has 0 radical (unpaired) electrons. The van der Waals surface area contributed by atoms with Crippen molar-refractivity contribution in [1.82, 2.24) is 0 Å². The van der Waals surface area contributed by atoms with Crippen molar-refractivity contribution in [3.63, 3.8) is 0 Å². The molecule has 1 aromatic carbocycles. The van der Waals surface area contributed by atoms with Crippen LogP contribution in [0.4, 0.5) is 5.00 Å². The maximum atomic E-state index is 13.4. The summed E-state index contributed by atoms with van der Waals surface area (Å²) < 4.78 is 0. The third-order valence-electron chi connectivity index (χ3n) is 5.37. The van der Waals surface area contributed by atoms with Gasteiger partial charge < -0.3 is 15.1 Å². The summed E-state index contributed by atoms with van der Waals surface area (Å²) in [6, 6.07) is 11.0. The quantitative estimate of drug-likeness (QED) is 0.764. The number of rotatable bonds is 5. The minimum atomic E-state index is -1.05. The summed E-state index contributed by atoms with van der Waals surface area (Å²) in [6.07, 6.45) is 1.45. The number of anilines is 1. The standard InChI is InChI=1S/C22H27NO4S/c1-13(2)23(20(25)16-10-9-14(3)11-18(16)24)21-17(22(26)27)12-19(28-21)15-7-5-4-6-8-15/h4-8,12-14,16,18,24H,9-11H2,1-3H3,(H,26,27)/t14-,16-,18?/m0/s1. The molecule has 28 heavy (non-hydrogen) atoms. The number of hydrogen-bond donors (Lipinski definition) is 2. The van der Waals surface area contributed by atoms with Gasteiger partial charge in [-0.25, -0.2) is 4.79 Å². The van der Waals surface area contributed by atoms with Crippen molar-refractivity contribution in [2.45, 2.75) is 52.2 Å². The number of carboxylic acid groups (broad SMARTS) is 1. The molecular formula is C22H27NO4S. The number of thiophene rings is 1. The number of carboxylic acids is 1. The number of aliphatic hydroxyl groups excluding tert-OH is 1. The monoisotopic (exact) mass is 401 g/mol. The molecule has 1 aliphatic rings. The Morgan fingerprint density at radius 3 is 2.43 bits per heavy atom. The number of nitrogens with zero attached hydrogens (tertiary/aromatic N) is 1. The molecule has 0 bridgehead atoms. The third-order valence-corrected chi connectivity index (χ3v) is 6.55. The SMILES string of the molecule is CC(C)N(C(=O)[C@H]1CC[C@H](C)CC1O)c1sc(-c2ccccc2)cc1C(=O)O. The molecule has 5 nitrogen and oxygen atoms in total. The first-order valence-corrected chi connectivity index (χ1v) is 10.5. The lowest BCUT2D eigenvalue weighted by Gasteiger charge is -2.35. The Hall–Kier alpha value is -2.18. The second-order valence-electron chi connectivity index (χ2n) is 7.89. The summed E-state index contributed by atoms with van der Waals surface area (Å²) in [4.78, 5) is 27.7. The average molecular weight is 402 g/mol. The van der Waals surface area contributed by atoms with E-state index in [4.69, 9.17) is 0 Å². The molecule has 0 aliphatic heterocycles. The fourth-order valence-electron chi connectivity index (χ4n) is 3.86. The molecule has 2 aromatic rings. The number of carbonyl (C=O) groups excluding carboxylic acids is 1. The Kier molecular flexibility index (Phi) is 6.20. The van der Waals surface area contributed by atoms with Crippen molar-refractivity contribution in [3.8, 4) is 10.4 Å². The topological polar surface area (TPSA) is 77.8 Å². The minimum Gasteiger partial charge on any atom is -0.478 e. The Morgan fingerprint density at radius 2 is 1.86 bits per heavy atom. The molecule has 1 amide bonds. The lowest BCUT2D eigenvalue weighted by atomic mass is 9.80. The fourth-order valence-corrected chi connectivity index (χ4v) is 5.16. The van der Waals surface area contributed by atoms with Gasteiger partial charge in [0.25, 0.3) is 0 Å². The summed E-state index contributed by atoms with van der Waals surface area (Å²) in [7, 11) is 0. The third kappa shape index (κ3) is 4.13. The van der Waals surface area contributed by atoms with Crippen LogP contribution in [0.1, 0.15) is 50.4 Å². The van der Waals surface area contributed by atoms with Gasteiger partial charge in [-0.3, -0.25) is 4.79 Å². The number of benzene rings is 1. The van der Waals surface area contributed by atoms with Crippen molar-refractivity contribution < 1.29 is 19.8 Å². The smallest absolute Gasteiger partial charge is 0.338 e. The predicted molar refractivity (Wildman–Crippen MR) is 112 cm³/mol. The zero-order valence-electron chi connectivity index (χ0n) is 16.5. The van der Waals surface area contributed by atoms with Crippen LogP contribution in [0.3, 0.4) is 0 Å². The fraction of sp³-hybridized carbons (Fsp3) is 0.455. The lowest BCUT2D eigenvalue weighted by Crippen LogP contribution is -2.46. The maximum absolute atomic E-state index is 13.4. The highest BCUT2D eigenvalue weighted by atomic mass is 32.1. The zero-order valence-corrected chi connectivity index (χ0v) is 17.3. The second-order valence-corrected chi connectivity index (χ2v) is 8.93. The average Bonchev–Trinajstić information content (AvgIpc) is 3.07. The van der Waals surface area contributed by atoms with Crippen LogP contribution in [0.5, 0.6) is 0 Å². The number of hydrogen-bond acceptors (Lipinski definition) is 4. The van der Waals surface area contributed by atoms with Gasteiger partial charge in [0.15, 0.2) is 0 Å². The van der Waals surface area contributed by atoms with Gasteiger partial charge in [-0.1, -0.05) is 37.3 Å². The van der Waals surface area contributed by atoms with Crippen LogP contribution >= 0.6 is 11.3 Å². The van der Waals surface area contributed by atoms with Gasteiger partial charge in [0.2, 0.25) is 5.91 Å². The highest BCUT2D eigenvalue weighted by Gasteiger charge is 2.38. The normalized spacial score (nSPS) is 22.2. The Balaban J connectivity index is 2.01. The molecule has 1 fully saturated rings. The molecular weight excluding hydrogens is 374 g/mol. The van der Waals surface area contributed by atoms with E-state index in [2.05, 4.69) is 6.92 Å². The van der Waals surface area contributed by atoms with E-state index in [1.807, 2.05) is 44.2 Å². The van der Waals surface area contributed by atoms with Crippen LogP contribution in [0.25, 0.3) is 10.4 Å². The second kappa shape index (κ2) is 8.45. The van der Waals surface area contributed by atoms with E-state index in [0.29, 0.717) is 23.8 Å². The van der Waals surface area contributed by atoms with Gasteiger partial charge in [0.1, 0.15) is 5.00 Å². The first-order chi connectivity index (χ1) is 13.3. The molecule has 1 heterocycles. The van der Waals surface area contributed by atoms with Crippen LogP contribution < -0.4 is 4.90 Å². The van der Waals surface area contributed by atoms with E-state index in [9.17, 15) is 19.8 Å². The van der Waals surface area contributed by atoms with Crippen molar-refractivity contribution in [3.05, 3.63) is 42.0 Å². The largest absolute Gasteiger partial charge is 0.478 e. The van der Waals surface area contributed by atoms with Gasteiger partial charge in [-0.2, -0.15) is 0 Å². The number of carbonyl (C=O) groups is 2. The lowest BCUT2D eigenvalue weighted by molar-refractivity contribution is -0.128. The molecule has 1 saturated carbocycles. The maximum Gasteiger partial charge on any atom is 0.338 e. The van der Waals surface area contributed by atoms with Gasteiger partial charge in [-0.05, 0) is 50.7 Å². The summed E-state index contributed by atoms with van der Waals surface area (Å²) in [5.74, 6) is -1.32. The first-order valence-electron chi connectivity index (χ1n) is 9.73. The molecule has 3 atom stereocenters. The number of aromatic carboxylic acids is 1. The summed E-state index contributed by atoms with van der Waals surface area (Å²) in [5, 5.41) is 20.7. The van der Waals surface area contributed by atoms with E-state index in [1.54, 1.807) is 11.0 Å². The van der Waals surface area contributed by atoms with Crippen molar-refractivity contribution in [1.29, 1.82) is 0 Å². The Morgan fingerprint density at radius 1 is 1.18 bits per heavy atom. The molecule has 0 saturated heterocycles. The summed E-state index contributed by atoms with van der Waals surface area (Å²) >= 11 is 1.31. The molecule has 2 N–H and O–H groups in total. The molecule has 0 spiro atoms. The van der Waals surface area contributed by atoms with E-state index < -0.39 is 18.0 Å². The zero-order chi connectivity index (χ0) is 20.4. The molecule has 6 heteroatoms. The minimum absolute atomic E-state index is 0.129. The van der Waals surface area contributed by atoms with Crippen LogP contribution in [0.15, 0.2) is 36.4 Å². The van der Waals surface area contributed by atoms with Gasteiger partial charge in [0, 0.05) is 10.9 Å². The van der Waals surface area contributed by atoms with Gasteiger partial charge in [-0.15, -0.1) is 11.3 Å². The van der Waals surface area contributed by atoms with Crippen LogP contribution in [0.2, 0.25) is 0 Å². The summed E-state index contributed by atoms with van der Waals surface area (Å²) in [5.41, 5.74) is 1.05. The number of aliphatic hydroxyl groups is 1. The van der Waals surface area contributed by atoms with Crippen LogP contribution in [0, 0.1) is 11.8 Å². The highest BCUT2D eigenvalue weighted by molar-refractivity contribution is 7.20. The Bertz CT molecular complexity index is 845. The van der Waals surface area contributed by atoms with E-state index in [0.717, 1.165) is 16.9 Å². The molecule has 1 aromatic heterocycles. The van der Waals surface area contributed by atoms with E-state index in [1.165, 1.54) is 11.3 Å². The summed E-state index contributed by atoms with van der Waals surface area (Å²) in [6.45, 7) is 5.84. The molecule has 1 unspecified atom stereocenters. The molecule has 150 valence electrons. The van der Waals surface area contributed by atoms with Crippen LogP contribution in [-0.2, 0) is 4.79 Å². The molecule has 1 aliphatic carbocycles. The van der Waals surface area contributed by atoms with Gasteiger partial charge in [0.05, 0.1) is 17.6 Å². The number of amides is 1. The highest BCUT2D eigenvalue weighted by Crippen LogP contribution is 2.40. The first kappa shape index (κ1) is 20.6.